The highest BCUT2D eigenvalue weighted by Crippen LogP contribution is 2.26. The molecule has 1 aliphatic rings. The Labute approximate surface area is 178 Å². The Kier molecular flexibility index (Phi) is 5.92. The number of nitrogens with one attached hydrogen (secondary N) is 1. The molecule has 1 aromatic carbocycles. The van der Waals surface area contributed by atoms with Gasteiger partial charge in [-0.05, 0) is 55.3 Å². The van der Waals surface area contributed by atoms with Gasteiger partial charge in [-0.15, -0.1) is 10.2 Å². The Balaban J connectivity index is 1.43. The van der Waals surface area contributed by atoms with Crippen LogP contribution in [-0.2, 0) is 4.79 Å². The second kappa shape index (κ2) is 8.76. The van der Waals surface area contributed by atoms with Crippen LogP contribution in [0.1, 0.15) is 12.8 Å². The van der Waals surface area contributed by atoms with Crippen LogP contribution in [0.3, 0.4) is 0 Å². The van der Waals surface area contributed by atoms with Gasteiger partial charge in [-0.2, -0.15) is 0 Å². The van der Waals surface area contributed by atoms with Crippen LogP contribution >= 0.6 is 23.2 Å². The van der Waals surface area contributed by atoms with Crippen LogP contribution in [0.15, 0.2) is 54.9 Å². The molecule has 0 spiro atoms. The molecule has 6 nitrogen and oxygen atoms in total. The third-order valence-electron chi connectivity index (χ3n) is 4.85. The van der Waals surface area contributed by atoms with E-state index in [1.807, 2.05) is 24.3 Å². The first-order chi connectivity index (χ1) is 14.1. The summed E-state index contributed by atoms with van der Waals surface area (Å²) in [5.74, 6) is 0.565. The van der Waals surface area contributed by atoms with Gasteiger partial charge in [-0.1, -0.05) is 23.2 Å². The van der Waals surface area contributed by atoms with Gasteiger partial charge in [0.05, 0.1) is 11.6 Å². The monoisotopic (exact) mass is 427 g/mol. The first-order valence-corrected chi connectivity index (χ1v) is 10.1. The van der Waals surface area contributed by atoms with Crippen molar-refractivity contribution in [3.8, 4) is 11.3 Å². The zero-order valence-corrected chi connectivity index (χ0v) is 17.1. The first kappa shape index (κ1) is 19.6. The molecule has 0 radical (unpaired) electrons. The molecule has 2 aromatic heterocycles. The molecule has 1 atom stereocenters. The van der Waals surface area contributed by atoms with Crippen molar-refractivity contribution >= 4 is 40.6 Å². The fourth-order valence-electron chi connectivity index (χ4n) is 3.43. The lowest BCUT2D eigenvalue weighted by atomic mass is 9.97. The normalized spacial score (nSPS) is 16.5. The van der Waals surface area contributed by atoms with Crippen LogP contribution in [-0.4, -0.2) is 34.2 Å². The molecule has 1 aliphatic heterocycles. The van der Waals surface area contributed by atoms with Crippen LogP contribution in [0.5, 0.6) is 0 Å². The van der Waals surface area contributed by atoms with Gasteiger partial charge in [0, 0.05) is 46.8 Å². The van der Waals surface area contributed by atoms with E-state index in [0.29, 0.717) is 22.3 Å². The van der Waals surface area contributed by atoms with Gasteiger partial charge in [-0.25, -0.2) is 0 Å². The number of rotatable bonds is 4. The number of aromatic nitrogens is 3. The van der Waals surface area contributed by atoms with Crippen molar-refractivity contribution in [1.82, 2.24) is 15.2 Å². The molecule has 1 fully saturated rings. The molecule has 1 saturated heterocycles. The van der Waals surface area contributed by atoms with Crippen LogP contribution < -0.4 is 10.2 Å². The van der Waals surface area contributed by atoms with Crippen LogP contribution in [0.2, 0.25) is 10.0 Å². The second-order valence-corrected chi connectivity index (χ2v) is 7.82. The number of hydrogen-bond donors (Lipinski definition) is 1. The number of carbonyl (C=O) groups excluding carboxylic acids is 1. The van der Waals surface area contributed by atoms with Crippen molar-refractivity contribution in [2.45, 2.75) is 12.8 Å². The molecule has 29 heavy (non-hydrogen) atoms. The lowest BCUT2D eigenvalue weighted by Gasteiger charge is -2.32. The minimum atomic E-state index is -0.152. The maximum absolute atomic E-state index is 12.7. The topological polar surface area (TPSA) is 71.0 Å². The summed E-state index contributed by atoms with van der Waals surface area (Å²) in [6.07, 6.45) is 5.20. The lowest BCUT2D eigenvalue weighted by Crippen LogP contribution is -2.41. The fraction of sp³-hybridized carbons (Fsp3) is 0.238. The van der Waals surface area contributed by atoms with Crippen molar-refractivity contribution in [3.05, 3.63) is 64.9 Å². The lowest BCUT2D eigenvalue weighted by molar-refractivity contribution is -0.120. The largest absolute Gasteiger partial charge is 0.354 e. The van der Waals surface area contributed by atoms with Gasteiger partial charge < -0.3 is 10.2 Å². The third-order valence-corrected chi connectivity index (χ3v) is 5.29. The summed E-state index contributed by atoms with van der Waals surface area (Å²) in [6, 6.07) is 12.7. The standard InChI is InChI=1S/C21H19Cl2N5O/c22-16-9-17(23)11-18(10-16)25-21(29)15-4-2-8-28(13-15)20-6-5-19(26-27-20)14-3-1-7-24-12-14/h1,3,5-7,9-12,15H,2,4,8,13H2,(H,25,29). The SMILES string of the molecule is O=C(Nc1cc(Cl)cc(Cl)c1)C1CCCN(c2ccc(-c3cccnc3)nn2)C1. The summed E-state index contributed by atoms with van der Waals surface area (Å²) in [6.45, 7) is 1.43. The number of hydrogen-bond acceptors (Lipinski definition) is 5. The number of piperidine rings is 1. The number of anilines is 2. The van der Waals surface area contributed by atoms with Gasteiger partial charge >= 0.3 is 0 Å². The number of carbonyl (C=O) groups is 1. The summed E-state index contributed by atoms with van der Waals surface area (Å²) < 4.78 is 0. The predicted octanol–water partition coefficient (Wildman–Crippen LogP) is 4.70. The molecule has 1 N–H and O–H groups in total. The van der Waals surface area contributed by atoms with Gasteiger partial charge in [0.15, 0.2) is 5.82 Å². The molecule has 1 amide bonds. The summed E-state index contributed by atoms with van der Waals surface area (Å²) >= 11 is 12.0. The maximum atomic E-state index is 12.7. The van der Waals surface area contributed by atoms with E-state index in [1.165, 1.54) is 0 Å². The van der Waals surface area contributed by atoms with E-state index >= 15 is 0 Å². The Morgan fingerprint density at radius 2 is 1.93 bits per heavy atom. The number of halogens is 2. The maximum Gasteiger partial charge on any atom is 0.229 e. The van der Waals surface area contributed by atoms with Crippen LogP contribution in [0.25, 0.3) is 11.3 Å². The molecule has 8 heteroatoms. The molecule has 4 rings (SSSR count). The van der Waals surface area contributed by atoms with Crippen molar-refractivity contribution in [3.63, 3.8) is 0 Å². The average molecular weight is 428 g/mol. The van der Waals surface area contributed by atoms with Gasteiger partial charge in [0.1, 0.15) is 0 Å². The summed E-state index contributed by atoms with van der Waals surface area (Å²) in [5.41, 5.74) is 2.29. The molecular formula is C21H19Cl2N5O. The fourth-order valence-corrected chi connectivity index (χ4v) is 3.96. The number of nitrogens with zero attached hydrogens (tertiary/aromatic N) is 4. The smallest absolute Gasteiger partial charge is 0.229 e. The van der Waals surface area contributed by atoms with Gasteiger partial charge in [0.25, 0.3) is 0 Å². The second-order valence-electron chi connectivity index (χ2n) is 6.95. The highest BCUT2D eigenvalue weighted by Gasteiger charge is 2.27. The molecule has 3 heterocycles. The Morgan fingerprint density at radius 3 is 2.62 bits per heavy atom. The van der Waals surface area contributed by atoms with Gasteiger partial charge in [-0.3, -0.25) is 9.78 Å². The highest BCUT2D eigenvalue weighted by molar-refractivity contribution is 6.35. The zero-order chi connectivity index (χ0) is 20.2. The zero-order valence-electron chi connectivity index (χ0n) is 15.6. The Hall–Kier alpha value is -2.70. The van der Waals surface area contributed by atoms with E-state index in [9.17, 15) is 4.79 Å². The van der Waals surface area contributed by atoms with E-state index < -0.39 is 0 Å². The van der Waals surface area contributed by atoms with Crippen molar-refractivity contribution in [2.75, 3.05) is 23.3 Å². The average Bonchev–Trinajstić information content (AvgIpc) is 2.74. The molecule has 0 aliphatic carbocycles. The summed E-state index contributed by atoms with van der Waals surface area (Å²) in [7, 11) is 0. The van der Waals surface area contributed by atoms with E-state index in [4.69, 9.17) is 23.2 Å². The minimum Gasteiger partial charge on any atom is -0.354 e. The minimum absolute atomic E-state index is 0.0482. The first-order valence-electron chi connectivity index (χ1n) is 9.34. The Bertz CT molecular complexity index is 977. The van der Waals surface area contributed by atoms with E-state index in [-0.39, 0.29) is 11.8 Å². The van der Waals surface area contributed by atoms with E-state index in [2.05, 4.69) is 25.4 Å². The van der Waals surface area contributed by atoms with Gasteiger partial charge in [0.2, 0.25) is 5.91 Å². The van der Waals surface area contributed by atoms with Crippen molar-refractivity contribution < 1.29 is 4.79 Å². The van der Waals surface area contributed by atoms with Crippen LogP contribution in [0.4, 0.5) is 11.5 Å². The van der Waals surface area contributed by atoms with Crippen LogP contribution in [0, 0.1) is 5.92 Å². The summed E-state index contributed by atoms with van der Waals surface area (Å²) in [5, 5.41) is 12.6. The van der Waals surface area contributed by atoms with E-state index in [0.717, 1.165) is 36.5 Å². The van der Waals surface area contributed by atoms with Crippen molar-refractivity contribution in [2.24, 2.45) is 5.92 Å². The molecule has 0 bridgehead atoms. The predicted molar refractivity (Wildman–Crippen MR) is 115 cm³/mol. The number of amides is 1. The number of benzene rings is 1. The highest BCUT2D eigenvalue weighted by atomic mass is 35.5. The number of pyridine rings is 1. The third kappa shape index (κ3) is 4.83. The van der Waals surface area contributed by atoms with E-state index in [1.54, 1.807) is 30.6 Å². The molecular weight excluding hydrogens is 409 g/mol. The quantitative estimate of drug-likeness (QED) is 0.652. The molecule has 1 unspecified atom stereocenters. The Morgan fingerprint density at radius 1 is 1.10 bits per heavy atom. The molecule has 148 valence electrons. The molecule has 3 aromatic rings. The summed E-state index contributed by atoms with van der Waals surface area (Å²) in [4.78, 5) is 18.9. The molecule has 0 saturated carbocycles. The van der Waals surface area contributed by atoms with Crippen molar-refractivity contribution in [1.29, 1.82) is 0 Å².